The van der Waals surface area contributed by atoms with E-state index in [2.05, 4.69) is 10.6 Å². The smallest absolute Gasteiger partial charge is 0.253 e. The molecule has 0 unspecified atom stereocenters. The predicted octanol–water partition coefficient (Wildman–Crippen LogP) is 5.42. The van der Waals surface area contributed by atoms with E-state index in [9.17, 15) is 18.8 Å². The van der Waals surface area contributed by atoms with Crippen molar-refractivity contribution in [2.45, 2.75) is 58.5 Å². The minimum atomic E-state index is -0.539. The number of nitrogens with zero attached hydrogens (tertiary/aromatic N) is 1. The number of rotatable bonds is 14. The Morgan fingerprint density at radius 3 is 2.15 bits per heavy atom. The van der Waals surface area contributed by atoms with Gasteiger partial charge in [-0.3, -0.25) is 14.4 Å². The minimum Gasteiger partial charge on any atom is -0.347 e. The Kier molecular flexibility index (Phi) is 12.0. The first-order valence-corrected chi connectivity index (χ1v) is 14.3. The molecule has 0 saturated heterocycles. The maximum absolute atomic E-state index is 13.4. The van der Waals surface area contributed by atoms with E-state index in [1.54, 1.807) is 31.2 Å². The molecule has 0 heterocycles. The summed E-state index contributed by atoms with van der Waals surface area (Å²) in [7, 11) is 0. The number of carbonyl (C=O) groups excluding carboxylic acids is 3. The van der Waals surface area contributed by atoms with E-state index in [0.717, 1.165) is 18.4 Å². The second-order valence-corrected chi connectivity index (χ2v) is 10.4. The third kappa shape index (κ3) is 9.53. The minimum absolute atomic E-state index is 0.0955. The van der Waals surface area contributed by atoms with E-state index >= 15 is 0 Å². The van der Waals surface area contributed by atoms with Gasteiger partial charge in [-0.25, -0.2) is 4.39 Å². The topological polar surface area (TPSA) is 105 Å². The largest absolute Gasteiger partial charge is 0.347 e. The van der Waals surface area contributed by atoms with Crippen molar-refractivity contribution in [1.82, 2.24) is 10.2 Å². The van der Waals surface area contributed by atoms with Crippen molar-refractivity contribution < 1.29 is 18.8 Å². The molecule has 0 aliphatic heterocycles. The molecular weight excluding hydrogens is 519 g/mol. The summed E-state index contributed by atoms with van der Waals surface area (Å²) >= 11 is 0. The maximum Gasteiger partial charge on any atom is 0.253 e. The first-order chi connectivity index (χ1) is 19.7. The third-order valence-corrected chi connectivity index (χ3v) is 6.96. The number of carbonyl (C=O) groups is 3. The summed E-state index contributed by atoms with van der Waals surface area (Å²) in [5, 5.41) is 5.85. The Balaban J connectivity index is 1.74. The molecule has 0 radical (unpaired) electrons. The lowest BCUT2D eigenvalue weighted by molar-refractivity contribution is -0.119. The predicted molar refractivity (Wildman–Crippen MR) is 161 cm³/mol. The number of hydrogen-bond acceptors (Lipinski definition) is 4. The van der Waals surface area contributed by atoms with Gasteiger partial charge in [-0.05, 0) is 73.7 Å². The van der Waals surface area contributed by atoms with Gasteiger partial charge in [0.25, 0.3) is 11.8 Å². The molecule has 41 heavy (non-hydrogen) atoms. The number of halogens is 1. The van der Waals surface area contributed by atoms with Gasteiger partial charge in [-0.15, -0.1) is 0 Å². The fraction of sp³-hybridized carbons (Fsp3) is 0.364. The van der Waals surface area contributed by atoms with Gasteiger partial charge >= 0.3 is 0 Å². The Bertz CT molecular complexity index is 1280. The zero-order chi connectivity index (χ0) is 29.8. The van der Waals surface area contributed by atoms with Crippen LogP contribution < -0.4 is 16.4 Å². The van der Waals surface area contributed by atoms with Crippen LogP contribution in [0.1, 0.15) is 66.3 Å². The summed E-state index contributed by atoms with van der Waals surface area (Å²) in [5.41, 5.74) is 8.95. The molecule has 3 aromatic carbocycles. The highest BCUT2D eigenvalue weighted by atomic mass is 19.1. The number of hydrogen-bond donors (Lipinski definition) is 3. The molecule has 4 N–H and O–H groups in total. The normalized spacial score (nSPS) is 13.1. The van der Waals surface area contributed by atoms with Crippen LogP contribution in [0.3, 0.4) is 0 Å². The molecule has 0 fully saturated rings. The summed E-state index contributed by atoms with van der Waals surface area (Å²) in [4.78, 5) is 41.2. The lowest BCUT2D eigenvalue weighted by Gasteiger charge is -2.27. The lowest BCUT2D eigenvalue weighted by Crippen LogP contribution is -2.50. The summed E-state index contributed by atoms with van der Waals surface area (Å²) in [5.74, 6) is -1.52. The van der Waals surface area contributed by atoms with Crippen molar-refractivity contribution >= 4 is 23.4 Å². The summed E-state index contributed by atoms with van der Waals surface area (Å²) in [6, 6.07) is 21.0. The molecule has 0 bridgehead atoms. The highest BCUT2D eigenvalue weighted by Crippen LogP contribution is 2.17. The second-order valence-electron chi connectivity index (χ2n) is 10.4. The van der Waals surface area contributed by atoms with E-state index in [1.165, 1.54) is 24.3 Å². The number of benzene rings is 3. The molecule has 0 saturated carbocycles. The Hall–Kier alpha value is -4.04. The van der Waals surface area contributed by atoms with Crippen molar-refractivity contribution in [3.63, 3.8) is 0 Å². The SMILES string of the molecule is CCCN(CCC)C(=O)c1cccc(C(=O)N[C@@H](Cc2ccccc2)[C@@H](N)C[C@@H](C)C(=O)Nc2ccc(F)cc2)c1. The van der Waals surface area contributed by atoms with Gasteiger partial charge in [-0.1, -0.05) is 57.2 Å². The average Bonchev–Trinajstić information content (AvgIpc) is 2.98. The molecule has 3 rings (SSSR count). The molecule has 3 aromatic rings. The lowest BCUT2D eigenvalue weighted by atomic mass is 9.92. The van der Waals surface area contributed by atoms with Gasteiger partial charge in [0.1, 0.15) is 5.82 Å². The highest BCUT2D eigenvalue weighted by molar-refractivity contribution is 5.99. The summed E-state index contributed by atoms with van der Waals surface area (Å²) in [6.45, 7) is 7.15. The monoisotopic (exact) mass is 560 g/mol. The summed E-state index contributed by atoms with van der Waals surface area (Å²) < 4.78 is 13.2. The maximum atomic E-state index is 13.4. The van der Waals surface area contributed by atoms with E-state index < -0.39 is 18.0 Å². The number of amides is 3. The number of anilines is 1. The van der Waals surface area contributed by atoms with Crippen LogP contribution >= 0.6 is 0 Å². The standard InChI is InChI=1S/C33H41FN4O3/c1-4-18-38(19-5-2)33(41)26-13-9-12-25(22-26)32(40)37-30(21-24-10-7-6-8-11-24)29(35)20-23(3)31(39)36-28-16-14-27(34)15-17-28/h6-17,22-23,29-30H,4-5,18-21,35H2,1-3H3,(H,36,39)(H,37,40)/t23-,29+,30+/m1/s1. The van der Waals surface area contributed by atoms with Gasteiger partial charge in [0.15, 0.2) is 0 Å². The van der Waals surface area contributed by atoms with Crippen LogP contribution in [-0.2, 0) is 11.2 Å². The van der Waals surface area contributed by atoms with Crippen molar-refractivity contribution in [1.29, 1.82) is 0 Å². The Morgan fingerprint density at radius 2 is 1.51 bits per heavy atom. The fourth-order valence-corrected chi connectivity index (χ4v) is 4.74. The van der Waals surface area contributed by atoms with E-state index in [0.29, 0.717) is 42.7 Å². The van der Waals surface area contributed by atoms with Gasteiger partial charge in [0, 0.05) is 47.9 Å². The number of nitrogens with one attached hydrogen (secondary N) is 2. The van der Waals surface area contributed by atoms with Gasteiger partial charge in [0.05, 0.1) is 0 Å². The first-order valence-electron chi connectivity index (χ1n) is 14.3. The molecule has 8 heteroatoms. The molecule has 218 valence electrons. The highest BCUT2D eigenvalue weighted by Gasteiger charge is 2.26. The molecule has 0 aromatic heterocycles. The van der Waals surface area contributed by atoms with Gasteiger partial charge < -0.3 is 21.3 Å². The van der Waals surface area contributed by atoms with Crippen molar-refractivity contribution in [3.8, 4) is 0 Å². The first kappa shape index (κ1) is 31.5. The molecule has 3 atom stereocenters. The Labute approximate surface area is 242 Å². The van der Waals surface area contributed by atoms with Crippen LogP contribution in [0.25, 0.3) is 0 Å². The zero-order valence-electron chi connectivity index (χ0n) is 24.1. The zero-order valence-corrected chi connectivity index (χ0v) is 24.1. The molecule has 0 aliphatic carbocycles. The average molecular weight is 561 g/mol. The number of nitrogens with two attached hydrogens (primary N) is 1. The quantitative estimate of drug-likeness (QED) is 0.245. The fourth-order valence-electron chi connectivity index (χ4n) is 4.74. The van der Waals surface area contributed by atoms with Crippen molar-refractivity contribution in [3.05, 3.63) is 101 Å². The molecule has 0 aliphatic rings. The van der Waals surface area contributed by atoms with E-state index in [4.69, 9.17) is 5.73 Å². The van der Waals surface area contributed by atoms with Crippen molar-refractivity contribution in [2.24, 2.45) is 11.7 Å². The van der Waals surface area contributed by atoms with E-state index in [1.807, 2.05) is 49.1 Å². The van der Waals surface area contributed by atoms with Crippen LogP contribution in [0, 0.1) is 11.7 Å². The molecular formula is C33H41FN4O3. The van der Waals surface area contributed by atoms with E-state index in [-0.39, 0.29) is 23.5 Å². The van der Waals surface area contributed by atoms with Gasteiger partial charge in [0.2, 0.25) is 5.91 Å². The second kappa shape index (κ2) is 15.7. The van der Waals surface area contributed by atoms with Crippen LogP contribution in [0.5, 0.6) is 0 Å². The third-order valence-electron chi connectivity index (χ3n) is 6.96. The van der Waals surface area contributed by atoms with Crippen LogP contribution in [0.4, 0.5) is 10.1 Å². The molecule has 3 amide bonds. The molecule has 0 spiro atoms. The van der Waals surface area contributed by atoms with Gasteiger partial charge in [-0.2, -0.15) is 0 Å². The Morgan fingerprint density at radius 1 is 0.878 bits per heavy atom. The van der Waals surface area contributed by atoms with Crippen molar-refractivity contribution in [2.75, 3.05) is 18.4 Å². The molecule has 7 nitrogen and oxygen atoms in total. The van der Waals surface area contributed by atoms with Crippen LogP contribution in [0.15, 0.2) is 78.9 Å². The van der Waals surface area contributed by atoms with Crippen LogP contribution in [-0.4, -0.2) is 47.8 Å². The van der Waals surface area contributed by atoms with Crippen LogP contribution in [0.2, 0.25) is 0 Å². The summed E-state index contributed by atoms with van der Waals surface area (Å²) in [6.07, 6.45) is 2.49.